The van der Waals surface area contributed by atoms with Crippen molar-refractivity contribution in [2.75, 3.05) is 53.5 Å². The predicted molar refractivity (Wildman–Crippen MR) is 110 cm³/mol. The van der Waals surface area contributed by atoms with Crippen molar-refractivity contribution >= 4 is 15.9 Å². The monoisotopic (exact) mass is 432 g/mol. The van der Waals surface area contributed by atoms with Crippen LogP contribution >= 0.6 is 0 Å². The van der Waals surface area contributed by atoms with Gasteiger partial charge in [0, 0.05) is 58.3 Å². The van der Waals surface area contributed by atoms with Gasteiger partial charge in [0.05, 0.1) is 29.1 Å². The van der Waals surface area contributed by atoms with E-state index in [0.717, 1.165) is 19.6 Å². The van der Waals surface area contributed by atoms with Crippen molar-refractivity contribution in [2.45, 2.75) is 23.3 Å². The van der Waals surface area contributed by atoms with Crippen LogP contribution in [0.1, 0.15) is 18.4 Å². The molecule has 1 aromatic carbocycles. The number of ether oxygens (including phenoxy) is 1. The van der Waals surface area contributed by atoms with E-state index in [1.807, 2.05) is 18.0 Å². The van der Waals surface area contributed by atoms with Gasteiger partial charge in [0.2, 0.25) is 15.9 Å². The number of amides is 1. The van der Waals surface area contributed by atoms with Gasteiger partial charge < -0.3 is 9.64 Å². The molecule has 1 aromatic rings. The van der Waals surface area contributed by atoms with Crippen LogP contribution in [0.3, 0.4) is 0 Å². The fourth-order valence-electron chi connectivity index (χ4n) is 5.50. The second-order valence-corrected chi connectivity index (χ2v) is 10.4. The molecule has 3 aliphatic heterocycles. The minimum atomic E-state index is -3.66. The zero-order valence-electron chi connectivity index (χ0n) is 17.5. The first-order valence-electron chi connectivity index (χ1n) is 10.3. The zero-order chi connectivity index (χ0) is 21.5. The fraction of sp³-hybridized carbons (Fsp3) is 0.619. The van der Waals surface area contributed by atoms with Crippen LogP contribution in [0.2, 0.25) is 0 Å². The molecule has 2 atom stereocenters. The van der Waals surface area contributed by atoms with Gasteiger partial charge >= 0.3 is 0 Å². The van der Waals surface area contributed by atoms with Crippen molar-refractivity contribution in [3.05, 3.63) is 29.8 Å². The minimum Gasteiger partial charge on any atom is -0.383 e. The Morgan fingerprint density at radius 3 is 2.67 bits per heavy atom. The minimum absolute atomic E-state index is 0.0117. The van der Waals surface area contributed by atoms with Gasteiger partial charge in [-0.1, -0.05) is 6.07 Å². The number of piperidine rings is 1. The molecule has 0 saturated carbocycles. The van der Waals surface area contributed by atoms with Crippen molar-refractivity contribution < 1.29 is 17.9 Å². The summed E-state index contributed by atoms with van der Waals surface area (Å²) in [4.78, 5) is 17.3. The van der Waals surface area contributed by atoms with Gasteiger partial charge in [-0.05, 0) is 31.0 Å². The Morgan fingerprint density at radius 1 is 1.27 bits per heavy atom. The molecule has 3 fully saturated rings. The third-order valence-electron chi connectivity index (χ3n) is 7.20. The van der Waals surface area contributed by atoms with Crippen LogP contribution in [0, 0.1) is 23.2 Å². The van der Waals surface area contributed by atoms with Crippen molar-refractivity contribution in [3.8, 4) is 6.07 Å². The van der Waals surface area contributed by atoms with Crippen LogP contribution in [0.15, 0.2) is 29.2 Å². The summed E-state index contributed by atoms with van der Waals surface area (Å²) in [6.07, 6.45) is 1.26. The molecule has 0 N–H and O–H groups in total. The highest BCUT2D eigenvalue weighted by molar-refractivity contribution is 7.89. The third kappa shape index (κ3) is 3.32. The van der Waals surface area contributed by atoms with Crippen LogP contribution in [0.25, 0.3) is 0 Å². The summed E-state index contributed by atoms with van der Waals surface area (Å²) < 4.78 is 32.9. The number of carbonyl (C=O) groups excluding carboxylic acids is 1. The van der Waals surface area contributed by atoms with E-state index in [-0.39, 0.29) is 28.2 Å². The number of sulfonamides is 1. The standard InChI is InChI=1S/C21H28N4O4S/c1-23-20(26)18-14-24(10-11-29-2)15-19(18)21(23)6-8-25(9-7-21)30(27,28)17-5-3-4-16(12-17)13-22/h3-5,12,18-19H,6-11,14-15H2,1-2H3/t18-,19+/m0/s1. The Bertz CT molecular complexity index is 965. The Morgan fingerprint density at radius 2 is 2.00 bits per heavy atom. The number of fused-ring (bicyclic) bond motifs is 2. The van der Waals surface area contributed by atoms with Crippen molar-refractivity contribution in [1.29, 1.82) is 5.26 Å². The van der Waals surface area contributed by atoms with Gasteiger partial charge in [-0.25, -0.2) is 8.42 Å². The maximum Gasteiger partial charge on any atom is 0.243 e. The van der Waals surface area contributed by atoms with E-state index in [1.165, 1.54) is 16.4 Å². The fourth-order valence-corrected chi connectivity index (χ4v) is 6.98. The number of carbonyl (C=O) groups is 1. The summed E-state index contributed by atoms with van der Waals surface area (Å²) in [6.45, 7) is 3.80. The van der Waals surface area contributed by atoms with E-state index in [4.69, 9.17) is 10.00 Å². The SMILES string of the molecule is COCCN1C[C@@H]2C(=O)N(C)C3(CCN(S(=O)(=O)c4cccc(C#N)c4)CC3)[C@@H]2C1. The van der Waals surface area contributed by atoms with Crippen molar-refractivity contribution in [2.24, 2.45) is 11.8 Å². The lowest BCUT2D eigenvalue weighted by Crippen LogP contribution is -2.56. The Labute approximate surface area is 178 Å². The molecule has 1 spiro atoms. The quantitative estimate of drug-likeness (QED) is 0.682. The number of likely N-dealkylation sites (tertiary alicyclic amines) is 2. The molecule has 0 radical (unpaired) electrons. The number of hydrogen-bond acceptors (Lipinski definition) is 6. The van der Waals surface area contributed by atoms with Crippen LogP contribution in [-0.2, 0) is 19.6 Å². The summed E-state index contributed by atoms with van der Waals surface area (Å²) in [7, 11) is -0.109. The van der Waals surface area contributed by atoms with E-state index >= 15 is 0 Å². The average molecular weight is 433 g/mol. The van der Waals surface area contributed by atoms with Gasteiger partial charge in [0.1, 0.15) is 0 Å². The summed E-state index contributed by atoms with van der Waals surface area (Å²) in [5.41, 5.74) is 0.0417. The predicted octanol–water partition coefficient (Wildman–Crippen LogP) is 0.748. The number of hydrogen-bond donors (Lipinski definition) is 0. The van der Waals surface area contributed by atoms with Crippen LogP contribution in [0.5, 0.6) is 0 Å². The molecule has 0 aliphatic carbocycles. The van der Waals surface area contributed by atoms with E-state index in [0.29, 0.717) is 38.1 Å². The molecule has 0 bridgehead atoms. The van der Waals surface area contributed by atoms with Gasteiger partial charge in [-0.2, -0.15) is 9.57 Å². The number of methoxy groups -OCH3 is 1. The molecular weight excluding hydrogens is 404 g/mol. The van der Waals surface area contributed by atoms with E-state index in [2.05, 4.69) is 4.90 Å². The van der Waals surface area contributed by atoms with Crippen LogP contribution in [0.4, 0.5) is 0 Å². The third-order valence-corrected chi connectivity index (χ3v) is 9.10. The highest BCUT2D eigenvalue weighted by Gasteiger charge is 2.60. The molecule has 4 rings (SSSR count). The molecule has 3 saturated heterocycles. The molecule has 8 nitrogen and oxygen atoms in total. The molecule has 162 valence electrons. The van der Waals surface area contributed by atoms with Gasteiger partial charge in [0.25, 0.3) is 0 Å². The lowest BCUT2D eigenvalue weighted by molar-refractivity contribution is -0.133. The van der Waals surface area contributed by atoms with Crippen LogP contribution in [-0.4, -0.2) is 87.5 Å². The van der Waals surface area contributed by atoms with Crippen LogP contribution < -0.4 is 0 Å². The van der Waals surface area contributed by atoms with E-state index in [1.54, 1.807) is 19.2 Å². The molecule has 1 amide bonds. The summed E-state index contributed by atoms with van der Waals surface area (Å²) in [6, 6.07) is 8.14. The lowest BCUT2D eigenvalue weighted by Gasteiger charge is -2.46. The molecule has 9 heteroatoms. The van der Waals surface area contributed by atoms with E-state index < -0.39 is 10.0 Å². The highest BCUT2D eigenvalue weighted by atomic mass is 32.2. The first-order valence-corrected chi connectivity index (χ1v) is 11.8. The number of rotatable bonds is 5. The smallest absolute Gasteiger partial charge is 0.243 e. The largest absolute Gasteiger partial charge is 0.383 e. The molecule has 3 aliphatic rings. The molecule has 30 heavy (non-hydrogen) atoms. The topological polar surface area (TPSA) is 93.9 Å². The zero-order valence-corrected chi connectivity index (χ0v) is 18.3. The number of nitriles is 1. The summed E-state index contributed by atoms with van der Waals surface area (Å²) in [5.74, 6) is 0.388. The first kappa shape index (κ1) is 21.2. The van der Waals surface area contributed by atoms with Gasteiger partial charge in [-0.15, -0.1) is 0 Å². The molecular formula is C21H28N4O4S. The Hall–Kier alpha value is -1.99. The average Bonchev–Trinajstić information content (AvgIpc) is 3.27. The van der Waals surface area contributed by atoms with Crippen molar-refractivity contribution in [3.63, 3.8) is 0 Å². The van der Waals surface area contributed by atoms with Crippen molar-refractivity contribution in [1.82, 2.24) is 14.1 Å². The summed E-state index contributed by atoms with van der Waals surface area (Å²) >= 11 is 0. The maximum atomic E-state index is 13.1. The number of benzene rings is 1. The Kier molecular flexibility index (Phi) is 5.62. The highest BCUT2D eigenvalue weighted by Crippen LogP contribution is 2.49. The second kappa shape index (κ2) is 7.93. The lowest BCUT2D eigenvalue weighted by atomic mass is 9.75. The molecule has 3 heterocycles. The normalized spacial score (nSPS) is 26.8. The molecule has 0 aromatic heterocycles. The number of nitrogens with zero attached hydrogens (tertiary/aromatic N) is 4. The Balaban J connectivity index is 1.51. The summed E-state index contributed by atoms with van der Waals surface area (Å²) in [5, 5.41) is 9.09. The maximum absolute atomic E-state index is 13.1. The van der Waals surface area contributed by atoms with Gasteiger partial charge in [-0.3, -0.25) is 9.69 Å². The second-order valence-electron chi connectivity index (χ2n) is 8.51. The first-order chi connectivity index (χ1) is 14.3. The van der Waals surface area contributed by atoms with E-state index in [9.17, 15) is 13.2 Å². The molecule has 0 unspecified atom stereocenters. The van der Waals surface area contributed by atoms with Gasteiger partial charge in [0.15, 0.2) is 0 Å².